The lowest BCUT2D eigenvalue weighted by Gasteiger charge is -2.14. The van der Waals surface area contributed by atoms with Gasteiger partial charge in [0.25, 0.3) is 0 Å². The molecule has 6 aromatic rings. The van der Waals surface area contributed by atoms with Gasteiger partial charge in [0.15, 0.2) is 0 Å². The zero-order valence-electron chi connectivity index (χ0n) is 19.9. The third kappa shape index (κ3) is 3.57. The van der Waals surface area contributed by atoms with Crippen molar-refractivity contribution in [3.8, 4) is 22.3 Å². The van der Waals surface area contributed by atoms with Crippen LogP contribution in [0, 0.1) is 0 Å². The van der Waals surface area contributed by atoms with Crippen molar-refractivity contribution < 1.29 is 0 Å². The summed E-state index contributed by atoms with van der Waals surface area (Å²) in [6, 6.07) is 50.3. The van der Waals surface area contributed by atoms with Crippen LogP contribution in [0.15, 0.2) is 140 Å². The van der Waals surface area contributed by atoms with E-state index in [1.165, 1.54) is 49.7 Å². The largest absolute Gasteiger partial charge is 0.356 e. The lowest BCUT2D eigenvalue weighted by atomic mass is 9.89. The van der Waals surface area contributed by atoms with Crippen LogP contribution >= 0.6 is 0 Å². The first-order valence-corrected chi connectivity index (χ1v) is 12.5. The fourth-order valence-corrected chi connectivity index (χ4v) is 5.57. The van der Waals surface area contributed by atoms with Gasteiger partial charge in [0, 0.05) is 17.3 Å². The highest BCUT2D eigenvalue weighted by Gasteiger charge is 2.29. The van der Waals surface area contributed by atoms with E-state index in [0.29, 0.717) is 5.92 Å². The maximum absolute atomic E-state index is 3.55. The number of nitrogens with one attached hydrogen (secondary N) is 1. The van der Waals surface area contributed by atoms with Gasteiger partial charge in [0.05, 0.1) is 0 Å². The van der Waals surface area contributed by atoms with E-state index in [4.69, 9.17) is 0 Å². The standard InChI is InChI=1S/C35H25N/c1-2-9-26(10-3-1)35-32-13-7-6-12-31(32)34-23-28(17-21-33(34)35)25-14-18-29(19-15-25)36-30-20-16-24-8-4-5-11-27(24)22-30/h1-23,35-36H. The van der Waals surface area contributed by atoms with Crippen molar-refractivity contribution >= 4 is 22.1 Å². The first-order valence-electron chi connectivity index (χ1n) is 12.5. The summed E-state index contributed by atoms with van der Waals surface area (Å²) in [5.41, 5.74) is 11.5. The Hall–Kier alpha value is -4.62. The molecule has 1 aliphatic carbocycles. The molecule has 0 aliphatic heterocycles. The van der Waals surface area contributed by atoms with Crippen molar-refractivity contribution in [2.24, 2.45) is 0 Å². The molecule has 0 bridgehead atoms. The van der Waals surface area contributed by atoms with Gasteiger partial charge in [-0.1, -0.05) is 109 Å². The second-order valence-electron chi connectivity index (χ2n) is 9.50. The van der Waals surface area contributed by atoms with Gasteiger partial charge in [0.1, 0.15) is 0 Å². The van der Waals surface area contributed by atoms with Crippen LogP contribution in [0.1, 0.15) is 22.6 Å². The molecule has 0 saturated carbocycles. The second-order valence-corrected chi connectivity index (χ2v) is 9.50. The number of benzene rings is 6. The van der Waals surface area contributed by atoms with Crippen LogP contribution in [-0.4, -0.2) is 0 Å². The maximum Gasteiger partial charge on any atom is 0.0390 e. The molecule has 170 valence electrons. The lowest BCUT2D eigenvalue weighted by molar-refractivity contribution is 1.02. The minimum atomic E-state index is 0.292. The summed E-state index contributed by atoms with van der Waals surface area (Å²) in [7, 11) is 0. The molecule has 1 atom stereocenters. The molecular weight excluding hydrogens is 434 g/mol. The molecule has 0 radical (unpaired) electrons. The molecule has 0 spiro atoms. The van der Waals surface area contributed by atoms with Crippen molar-refractivity contribution in [2.45, 2.75) is 5.92 Å². The van der Waals surface area contributed by atoms with E-state index >= 15 is 0 Å². The highest BCUT2D eigenvalue weighted by atomic mass is 14.9. The summed E-state index contributed by atoms with van der Waals surface area (Å²) in [5.74, 6) is 0.292. The van der Waals surface area contributed by atoms with Crippen LogP contribution in [0.4, 0.5) is 11.4 Å². The van der Waals surface area contributed by atoms with Crippen LogP contribution in [0.2, 0.25) is 0 Å². The molecule has 1 unspecified atom stereocenters. The third-order valence-corrected chi connectivity index (χ3v) is 7.32. The summed E-state index contributed by atoms with van der Waals surface area (Å²) in [6.07, 6.45) is 0. The van der Waals surface area contributed by atoms with Crippen LogP contribution in [0.3, 0.4) is 0 Å². The molecule has 1 N–H and O–H groups in total. The highest BCUT2D eigenvalue weighted by molar-refractivity contribution is 5.87. The van der Waals surface area contributed by atoms with Gasteiger partial charge in [-0.15, -0.1) is 0 Å². The van der Waals surface area contributed by atoms with Gasteiger partial charge in [-0.05, 0) is 80.0 Å². The van der Waals surface area contributed by atoms with E-state index < -0.39 is 0 Å². The number of rotatable bonds is 4. The zero-order chi connectivity index (χ0) is 23.9. The van der Waals surface area contributed by atoms with Crippen LogP contribution in [-0.2, 0) is 0 Å². The number of hydrogen-bond donors (Lipinski definition) is 1. The SMILES string of the molecule is c1ccc(C2c3ccccc3-c3cc(-c4ccc(Nc5ccc6ccccc6c5)cc4)ccc32)cc1. The smallest absolute Gasteiger partial charge is 0.0390 e. The molecule has 0 aromatic heterocycles. The number of fused-ring (bicyclic) bond motifs is 4. The Balaban J connectivity index is 1.21. The van der Waals surface area contributed by atoms with Crippen molar-refractivity contribution in [1.82, 2.24) is 0 Å². The quantitative estimate of drug-likeness (QED) is 0.276. The topological polar surface area (TPSA) is 12.0 Å². The van der Waals surface area contributed by atoms with E-state index in [9.17, 15) is 0 Å². The summed E-state index contributed by atoms with van der Waals surface area (Å²) in [4.78, 5) is 0. The molecule has 0 fully saturated rings. The average Bonchev–Trinajstić information content (AvgIpc) is 3.28. The predicted molar refractivity (Wildman–Crippen MR) is 152 cm³/mol. The fraction of sp³-hybridized carbons (Fsp3) is 0.0286. The monoisotopic (exact) mass is 459 g/mol. The Labute approximate surface area is 211 Å². The van der Waals surface area contributed by atoms with Crippen LogP contribution in [0.25, 0.3) is 33.0 Å². The lowest BCUT2D eigenvalue weighted by Crippen LogP contribution is -1.98. The van der Waals surface area contributed by atoms with Gasteiger partial charge in [-0.2, -0.15) is 0 Å². The molecule has 0 saturated heterocycles. The average molecular weight is 460 g/mol. The van der Waals surface area contributed by atoms with E-state index in [2.05, 4.69) is 145 Å². The number of anilines is 2. The second kappa shape index (κ2) is 8.55. The first-order chi connectivity index (χ1) is 17.8. The molecule has 1 nitrogen and oxygen atoms in total. The minimum Gasteiger partial charge on any atom is -0.356 e. The summed E-state index contributed by atoms with van der Waals surface area (Å²) in [6.45, 7) is 0. The Morgan fingerprint density at radius 1 is 0.417 bits per heavy atom. The molecule has 0 heterocycles. The first kappa shape index (κ1) is 20.7. The highest BCUT2D eigenvalue weighted by Crippen LogP contribution is 2.48. The molecular formula is C35H25N. The van der Waals surface area contributed by atoms with Gasteiger partial charge < -0.3 is 5.32 Å². The molecule has 0 amide bonds. The Morgan fingerprint density at radius 3 is 1.94 bits per heavy atom. The van der Waals surface area contributed by atoms with Gasteiger partial charge >= 0.3 is 0 Å². The van der Waals surface area contributed by atoms with Crippen LogP contribution in [0.5, 0.6) is 0 Å². The maximum atomic E-state index is 3.55. The fourth-order valence-electron chi connectivity index (χ4n) is 5.57. The normalized spacial score (nSPS) is 13.8. The van der Waals surface area contributed by atoms with E-state index in [1.807, 2.05) is 0 Å². The van der Waals surface area contributed by atoms with Crippen LogP contribution < -0.4 is 5.32 Å². The summed E-state index contributed by atoms with van der Waals surface area (Å²) >= 11 is 0. The van der Waals surface area contributed by atoms with E-state index in [1.54, 1.807) is 0 Å². The van der Waals surface area contributed by atoms with Crippen molar-refractivity contribution in [1.29, 1.82) is 0 Å². The summed E-state index contributed by atoms with van der Waals surface area (Å²) < 4.78 is 0. The number of hydrogen-bond acceptors (Lipinski definition) is 1. The summed E-state index contributed by atoms with van der Waals surface area (Å²) in [5, 5.41) is 6.05. The van der Waals surface area contributed by atoms with E-state index in [-0.39, 0.29) is 0 Å². The Kier molecular flexibility index (Phi) is 4.92. The molecule has 36 heavy (non-hydrogen) atoms. The van der Waals surface area contributed by atoms with Gasteiger partial charge in [0.2, 0.25) is 0 Å². The van der Waals surface area contributed by atoms with Gasteiger partial charge in [-0.3, -0.25) is 0 Å². The zero-order valence-corrected chi connectivity index (χ0v) is 19.9. The van der Waals surface area contributed by atoms with Gasteiger partial charge in [-0.25, -0.2) is 0 Å². The van der Waals surface area contributed by atoms with E-state index in [0.717, 1.165) is 11.4 Å². The Bertz CT molecular complexity index is 1700. The third-order valence-electron chi connectivity index (χ3n) is 7.32. The van der Waals surface area contributed by atoms with Crippen molar-refractivity contribution in [3.05, 3.63) is 156 Å². The molecule has 6 aromatic carbocycles. The Morgan fingerprint density at radius 2 is 1.08 bits per heavy atom. The molecule has 1 heteroatoms. The molecule has 1 aliphatic rings. The minimum absolute atomic E-state index is 0.292. The predicted octanol–water partition coefficient (Wildman–Crippen LogP) is 9.41. The molecule has 7 rings (SSSR count). The van der Waals surface area contributed by atoms with Crippen molar-refractivity contribution in [2.75, 3.05) is 5.32 Å². The van der Waals surface area contributed by atoms with Crippen molar-refractivity contribution in [3.63, 3.8) is 0 Å².